The number of benzene rings is 3. The van der Waals surface area contributed by atoms with E-state index in [4.69, 9.17) is 11.6 Å². The zero-order valence-electron chi connectivity index (χ0n) is 20.6. The number of phenolic OH excluding ortho intramolecular Hbond substituents is 2. The van der Waals surface area contributed by atoms with Crippen LogP contribution in [0.5, 0.6) is 11.5 Å². The van der Waals surface area contributed by atoms with Crippen LogP contribution >= 0.6 is 11.6 Å². The van der Waals surface area contributed by atoms with Crippen LogP contribution in [-0.2, 0) is 32.8 Å². The Balaban J connectivity index is 1.42. The number of hydrogen-bond donors (Lipinski definition) is 4. The molecule has 6 rings (SSSR count). The zero-order valence-corrected chi connectivity index (χ0v) is 21.3. The van der Waals surface area contributed by atoms with Crippen LogP contribution in [0.2, 0.25) is 5.02 Å². The number of carbonyl (C=O) groups excluding carboxylic acids is 3. The molecule has 3 heterocycles. The number of amides is 3. The first-order valence-electron chi connectivity index (χ1n) is 12.5. The Kier molecular flexibility index (Phi) is 5.70. The summed E-state index contributed by atoms with van der Waals surface area (Å²) in [5.74, 6) is -3.43. The first-order chi connectivity index (χ1) is 18.2. The number of likely N-dealkylation sites (tertiary alicyclic amines) is 1. The monoisotopic (exact) mass is 531 g/mol. The summed E-state index contributed by atoms with van der Waals surface area (Å²) >= 11 is 6.50. The molecule has 0 radical (unpaired) electrons. The fourth-order valence-electron chi connectivity index (χ4n) is 6.28. The number of fused-ring (bicyclic) bond motifs is 4. The third kappa shape index (κ3) is 3.59. The van der Waals surface area contributed by atoms with Gasteiger partial charge in [0.05, 0.1) is 22.5 Å². The Morgan fingerprint density at radius 2 is 1.71 bits per heavy atom. The SMILES string of the molecule is Cc1cc(Cl)c2c(c1)[C@]1(N[C@@H](Cc3ccc(O)c(O)c3)[C@H]3C(=O)N(CCc4ccccc4)C(=O)[C@@H]31)C(=O)N2. The minimum Gasteiger partial charge on any atom is -0.504 e. The average Bonchev–Trinajstić information content (AvgIpc) is 3.46. The lowest BCUT2D eigenvalue weighted by molar-refractivity contribution is -0.142. The molecule has 4 N–H and O–H groups in total. The van der Waals surface area contributed by atoms with E-state index < -0.39 is 29.3 Å². The Bertz CT molecular complexity index is 1490. The Morgan fingerprint density at radius 1 is 0.947 bits per heavy atom. The predicted molar refractivity (Wildman–Crippen MR) is 141 cm³/mol. The minimum atomic E-state index is -1.46. The van der Waals surface area contributed by atoms with E-state index >= 15 is 0 Å². The lowest BCUT2D eigenvalue weighted by Gasteiger charge is -2.30. The second-order valence-electron chi connectivity index (χ2n) is 10.3. The number of hydrogen-bond acceptors (Lipinski definition) is 6. The highest BCUT2D eigenvalue weighted by Gasteiger charge is 2.70. The van der Waals surface area contributed by atoms with Crippen molar-refractivity contribution < 1.29 is 24.6 Å². The van der Waals surface area contributed by atoms with E-state index in [0.29, 0.717) is 28.3 Å². The largest absolute Gasteiger partial charge is 0.504 e. The maximum atomic E-state index is 14.0. The predicted octanol–water partition coefficient (Wildman–Crippen LogP) is 3.27. The molecule has 2 fully saturated rings. The van der Waals surface area contributed by atoms with E-state index in [1.165, 1.54) is 17.0 Å². The lowest BCUT2D eigenvalue weighted by Crippen LogP contribution is -2.53. The quantitative estimate of drug-likeness (QED) is 0.296. The van der Waals surface area contributed by atoms with Gasteiger partial charge >= 0.3 is 0 Å². The molecule has 4 atom stereocenters. The molecule has 194 valence electrons. The number of halogens is 1. The third-order valence-electron chi connectivity index (χ3n) is 7.97. The van der Waals surface area contributed by atoms with Gasteiger partial charge in [-0.2, -0.15) is 0 Å². The summed E-state index contributed by atoms with van der Waals surface area (Å²) in [4.78, 5) is 42.8. The normalized spacial score (nSPS) is 25.7. The van der Waals surface area contributed by atoms with Crippen molar-refractivity contribution in [2.45, 2.75) is 31.3 Å². The van der Waals surface area contributed by atoms with Gasteiger partial charge in [-0.15, -0.1) is 0 Å². The summed E-state index contributed by atoms with van der Waals surface area (Å²) in [7, 11) is 0. The Labute approximate surface area is 224 Å². The molecule has 9 heteroatoms. The van der Waals surface area contributed by atoms with Gasteiger partial charge < -0.3 is 15.5 Å². The van der Waals surface area contributed by atoms with E-state index in [1.807, 2.05) is 43.3 Å². The van der Waals surface area contributed by atoms with Crippen molar-refractivity contribution in [3.8, 4) is 11.5 Å². The van der Waals surface area contributed by atoms with Crippen LogP contribution in [0.3, 0.4) is 0 Å². The number of nitrogens with one attached hydrogen (secondary N) is 2. The van der Waals surface area contributed by atoms with Crippen molar-refractivity contribution in [1.82, 2.24) is 10.2 Å². The van der Waals surface area contributed by atoms with Crippen molar-refractivity contribution >= 4 is 35.0 Å². The molecule has 3 amide bonds. The van der Waals surface area contributed by atoms with Gasteiger partial charge in [-0.25, -0.2) is 0 Å². The van der Waals surface area contributed by atoms with Crippen molar-refractivity contribution in [3.05, 3.63) is 87.9 Å². The number of aryl methyl sites for hydroxylation is 1. The molecule has 3 aliphatic rings. The maximum absolute atomic E-state index is 14.0. The van der Waals surface area contributed by atoms with Crippen LogP contribution in [0, 0.1) is 18.8 Å². The molecule has 38 heavy (non-hydrogen) atoms. The number of phenols is 2. The standard InChI is InChI=1S/C29H26ClN3O5/c1-15-11-18-25(19(30)12-15)31-28(38)29(18)24-23(20(32-29)13-17-7-8-21(34)22(35)14-17)26(36)33(27(24)37)10-9-16-5-3-2-4-6-16/h2-8,11-12,14,20,23-24,32,34-35H,9-10,13H2,1H3,(H,31,38)/t20-,23+,24+,29+/m0/s1. The Hall–Kier alpha value is -3.88. The number of aromatic hydroxyl groups is 2. The van der Waals surface area contributed by atoms with Gasteiger partial charge in [-0.3, -0.25) is 24.6 Å². The highest BCUT2D eigenvalue weighted by atomic mass is 35.5. The van der Waals surface area contributed by atoms with Crippen molar-refractivity contribution in [3.63, 3.8) is 0 Å². The van der Waals surface area contributed by atoms with Gasteiger partial charge in [-0.1, -0.05) is 54.1 Å². The van der Waals surface area contributed by atoms with Gasteiger partial charge in [0.15, 0.2) is 11.5 Å². The van der Waals surface area contributed by atoms with Gasteiger partial charge in [0.25, 0.3) is 0 Å². The average molecular weight is 532 g/mol. The van der Waals surface area contributed by atoms with Crippen molar-refractivity contribution in [1.29, 1.82) is 0 Å². The fraction of sp³-hybridized carbons (Fsp3) is 0.276. The smallest absolute Gasteiger partial charge is 0.250 e. The van der Waals surface area contributed by atoms with Crippen LogP contribution in [0.25, 0.3) is 0 Å². The molecular formula is C29H26ClN3O5. The van der Waals surface area contributed by atoms with Crippen molar-refractivity contribution in [2.75, 3.05) is 11.9 Å². The lowest BCUT2D eigenvalue weighted by atomic mass is 9.76. The molecule has 0 bridgehead atoms. The van der Waals surface area contributed by atoms with Gasteiger partial charge in [0.1, 0.15) is 5.54 Å². The number of nitrogens with zero attached hydrogens (tertiary/aromatic N) is 1. The van der Waals surface area contributed by atoms with Gasteiger partial charge in [0.2, 0.25) is 17.7 Å². The summed E-state index contributed by atoms with van der Waals surface area (Å²) in [6.07, 6.45) is 0.757. The summed E-state index contributed by atoms with van der Waals surface area (Å²) in [5.41, 5.74) is 2.02. The second-order valence-corrected chi connectivity index (χ2v) is 10.7. The van der Waals surface area contributed by atoms with Crippen LogP contribution < -0.4 is 10.6 Å². The first-order valence-corrected chi connectivity index (χ1v) is 12.9. The van der Waals surface area contributed by atoms with Gasteiger partial charge in [-0.05, 0) is 54.7 Å². The van der Waals surface area contributed by atoms with E-state index in [2.05, 4.69) is 10.6 Å². The number of rotatable bonds is 5. The maximum Gasteiger partial charge on any atom is 0.250 e. The van der Waals surface area contributed by atoms with E-state index in [9.17, 15) is 24.6 Å². The minimum absolute atomic E-state index is 0.209. The Morgan fingerprint density at radius 3 is 2.45 bits per heavy atom. The molecule has 1 spiro atoms. The molecule has 3 aromatic carbocycles. The van der Waals surface area contributed by atoms with Gasteiger partial charge in [0, 0.05) is 18.2 Å². The zero-order chi connectivity index (χ0) is 26.8. The van der Waals surface area contributed by atoms with Crippen LogP contribution in [0.4, 0.5) is 5.69 Å². The molecular weight excluding hydrogens is 506 g/mol. The molecule has 0 aliphatic carbocycles. The molecule has 8 nitrogen and oxygen atoms in total. The summed E-state index contributed by atoms with van der Waals surface area (Å²) in [6, 6.07) is 17.1. The molecule has 3 aromatic rings. The molecule has 0 aromatic heterocycles. The molecule has 0 saturated carbocycles. The van der Waals surface area contributed by atoms with Crippen LogP contribution in [-0.4, -0.2) is 45.4 Å². The molecule has 2 saturated heterocycles. The topological polar surface area (TPSA) is 119 Å². The second kappa shape index (κ2) is 8.85. The van der Waals surface area contributed by atoms with Crippen LogP contribution in [0.15, 0.2) is 60.7 Å². The first kappa shape index (κ1) is 24.5. The number of carbonyl (C=O) groups is 3. The van der Waals surface area contributed by atoms with E-state index in [-0.39, 0.29) is 36.3 Å². The highest BCUT2D eigenvalue weighted by molar-refractivity contribution is 6.35. The number of anilines is 1. The van der Waals surface area contributed by atoms with E-state index in [0.717, 1.165) is 11.1 Å². The summed E-state index contributed by atoms with van der Waals surface area (Å²) in [6.45, 7) is 2.07. The summed E-state index contributed by atoms with van der Waals surface area (Å²) in [5, 5.41) is 26.4. The fourth-order valence-corrected chi connectivity index (χ4v) is 6.61. The molecule has 3 aliphatic heterocycles. The van der Waals surface area contributed by atoms with Crippen LogP contribution in [0.1, 0.15) is 22.3 Å². The molecule has 0 unspecified atom stereocenters. The third-order valence-corrected chi connectivity index (χ3v) is 8.27. The van der Waals surface area contributed by atoms with E-state index in [1.54, 1.807) is 12.1 Å². The highest BCUT2D eigenvalue weighted by Crippen LogP contribution is 2.54. The number of imide groups is 1. The van der Waals surface area contributed by atoms with Crippen molar-refractivity contribution in [2.24, 2.45) is 11.8 Å². The summed E-state index contributed by atoms with van der Waals surface area (Å²) < 4.78 is 0.